The summed E-state index contributed by atoms with van der Waals surface area (Å²) < 4.78 is 1.71. The Kier molecular flexibility index (Phi) is 2.80. The third-order valence-electron chi connectivity index (χ3n) is 4.02. The maximum Gasteiger partial charge on any atom is 0.256 e. The van der Waals surface area contributed by atoms with Crippen LogP contribution < -0.4 is 0 Å². The molecule has 0 spiro atoms. The number of halogens is 1. The smallest absolute Gasteiger partial charge is 0.256 e. The van der Waals surface area contributed by atoms with Gasteiger partial charge in [-0.2, -0.15) is 0 Å². The van der Waals surface area contributed by atoms with Crippen molar-refractivity contribution in [3.05, 3.63) is 40.7 Å². The molecular weight excluding hydrogens is 272 g/mol. The van der Waals surface area contributed by atoms with Crippen molar-refractivity contribution in [2.45, 2.75) is 33.1 Å². The zero-order valence-electron chi connectivity index (χ0n) is 12.1. The van der Waals surface area contributed by atoms with E-state index in [-0.39, 0.29) is 11.3 Å². The van der Waals surface area contributed by atoms with Gasteiger partial charge in [-0.05, 0) is 43.5 Å². The fourth-order valence-electron chi connectivity index (χ4n) is 3.09. The minimum absolute atomic E-state index is 0.0205. The first-order valence-electron chi connectivity index (χ1n) is 6.77. The van der Waals surface area contributed by atoms with Crippen molar-refractivity contribution in [2.24, 2.45) is 5.92 Å². The van der Waals surface area contributed by atoms with Gasteiger partial charge in [0.25, 0.3) is 5.91 Å². The number of carbonyl (C=O) groups excluding carboxylic acids is 1. The molecule has 0 N–H and O–H groups in total. The third-order valence-corrected chi connectivity index (χ3v) is 4.25. The summed E-state index contributed by atoms with van der Waals surface area (Å²) in [5.41, 5.74) is 2.46. The molecule has 3 nitrogen and oxygen atoms in total. The fourth-order valence-corrected chi connectivity index (χ4v) is 3.26. The summed E-state index contributed by atoms with van der Waals surface area (Å²) in [5.74, 6) is 1.09. The van der Waals surface area contributed by atoms with Crippen LogP contribution in [0.5, 0.6) is 0 Å². The Morgan fingerprint density at radius 1 is 1.30 bits per heavy atom. The molecule has 1 aliphatic heterocycles. The number of aromatic nitrogens is 2. The van der Waals surface area contributed by atoms with Gasteiger partial charge in [0.2, 0.25) is 0 Å². The van der Waals surface area contributed by atoms with Gasteiger partial charge in [0, 0.05) is 16.5 Å². The quantitative estimate of drug-likeness (QED) is 0.788. The Labute approximate surface area is 123 Å². The molecule has 0 saturated heterocycles. The van der Waals surface area contributed by atoms with Crippen LogP contribution in [0.3, 0.4) is 0 Å². The fraction of sp³-hybridized carbons (Fsp3) is 0.375. The van der Waals surface area contributed by atoms with E-state index in [0.717, 1.165) is 22.4 Å². The second-order valence-electron chi connectivity index (χ2n) is 6.12. The lowest BCUT2D eigenvalue weighted by Gasteiger charge is -2.33. The van der Waals surface area contributed by atoms with Crippen LogP contribution in [0.2, 0.25) is 5.02 Å². The molecule has 20 heavy (non-hydrogen) atoms. The molecule has 0 aliphatic carbocycles. The largest absolute Gasteiger partial charge is 0.269 e. The lowest BCUT2D eigenvalue weighted by atomic mass is 9.76. The highest BCUT2D eigenvalue weighted by atomic mass is 35.5. The van der Waals surface area contributed by atoms with Crippen LogP contribution in [0, 0.1) is 5.92 Å². The van der Waals surface area contributed by atoms with Crippen LogP contribution in [0.1, 0.15) is 38.3 Å². The highest BCUT2D eigenvalue weighted by molar-refractivity contribution is 6.31. The van der Waals surface area contributed by atoms with Gasteiger partial charge in [-0.3, -0.25) is 9.36 Å². The normalized spacial score (nSPS) is 17.5. The van der Waals surface area contributed by atoms with E-state index < -0.39 is 0 Å². The molecule has 0 radical (unpaired) electrons. The number of carbonyl (C=O) groups is 1. The predicted octanol–water partition coefficient (Wildman–Crippen LogP) is 4.20. The first-order valence-corrected chi connectivity index (χ1v) is 7.15. The lowest BCUT2D eigenvalue weighted by Crippen LogP contribution is -2.34. The van der Waals surface area contributed by atoms with E-state index in [9.17, 15) is 4.79 Å². The first kappa shape index (κ1) is 13.4. The van der Waals surface area contributed by atoms with Crippen LogP contribution in [-0.2, 0) is 5.41 Å². The number of nitrogens with zero attached hydrogens (tertiary/aromatic N) is 2. The molecular formula is C16H17ClN2O. The maximum absolute atomic E-state index is 12.5. The Morgan fingerprint density at radius 2 is 2.00 bits per heavy atom. The summed E-state index contributed by atoms with van der Waals surface area (Å²) in [6, 6.07) is 5.46. The zero-order chi connectivity index (χ0) is 14.7. The molecule has 3 rings (SSSR count). The van der Waals surface area contributed by atoms with Crippen LogP contribution in [0.15, 0.2) is 29.8 Å². The first-order chi connectivity index (χ1) is 9.32. The summed E-state index contributed by atoms with van der Waals surface area (Å²) >= 11 is 6.02. The summed E-state index contributed by atoms with van der Waals surface area (Å²) in [5, 5.41) is 0.634. The molecule has 0 fully saturated rings. The van der Waals surface area contributed by atoms with E-state index >= 15 is 0 Å². The van der Waals surface area contributed by atoms with Gasteiger partial charge < -0.3 is 0 Å². The highest BCUT2D eigenvalue weighted by Crippen LogP contribution is 2.40. The van der Waals surface area contributed by atoms with E-state index in [1.165, 1.54) is 0 Å². The lowest BCUT2D eigenvalue weighted by molar-refractivity contribution is 0.0956. The Hall–Kier alpha value is -1.61. The topological polar surface area (TPSA) is 34.9 Å². The molecule has 1 aliphatic rings. The number of benzene rings is 1. The van der Waals surface area contributed by atoms with Crippen molar-refractivity contribution >= 4 is 28.5 Å². The van der Waals surface area contributed by atoms with Crippen LogP contribution in [-0.4, -0.2) is 15.5 Å². The van der Waals surface area contributed by atoms with Crippen LogP contribution in [0.4, 0.5) is 0 Å². The van der Waals surface area contributed by atoms with Crippen molar-refractivity contribution in [3.8, 4) is 0 Å². The molecule has 1 aromatic heterocycles. The number of fused-ring (bicyclic) bond motifs is 3. The van der Waals surface area contributed by atoms with Crippen molar-refractivity contribution in [1.82, 2.24) is 9.55 Å². The molecule has 0 atom stereocenters. The van der Waals surface area contributed by atoms with Crippen molar-refractivity contribution in [3.63, 3.8) is 0 Å². The summed E-state index contributed by atoms with van der Waals surface area (Å²) in [6.07, 6.45) is 1.76. The second kappa shape index (κ2) is 4.19. The summed E-state index contributed by atoms with van der Waals surface area (Å²) in [7, 11) is 0. The summed E-state index contributed by atoms with van der Waals surface area (Å²) in [6.45, 7) is 8.45. The van der Waals surface area contributed by atoms with E-state index in [2.05, 4.69) is 32.7 Å². The number of allylic oxidation sites excluding steroid dienone is 2. The van der Waals surface area contributed by atoms with Gasteiger partial charge in [-0.25, -0.2) is 4.98 Å². The van der Waals surface area contributed by atoms with Gasteiger partial charge in [0.1, 0.15) is 5.82 Å². The molecule has 0 saturated carbocycles. The van der Waals surface area contributed by atoms with E-state index in [4.69, 9.17) is 11.6 Å². The molecule has 4 heteroatoms. The van der Waals surface area contributed by atoms with Crippen LogP contribution in [0.25, 0.3) is 11.0 Å². The number of imidazole rings is 1. The monoisotopic (exact) mass is 288 g/mol. The summed E-state index contributed by atoms with van der Waals surface area (Å²) in [4.78, 5) is 17.1. The molecule has 2 heterocycles. The van der Waals surface area contributed by atoms with Crippen molar-refractivity contribution < 1.29 is 4.79 Å². The number of hydrogen-bond acceptors (Lipinski definition) is 2. The molecule has 0 unspecified atom stereocenters. The predicted molar refractivity (Wildman–Crippen MR) is 81.3 cm³/mol. The Balaban J connectivity index is 2.34. The van der Waals surface area contributed by atoms with Gasteiger partial charge >= 0.3 is 0 Å². The SMILES string of the molecule is CC(C)C1=CC(=O)n2c(nc3cc(Cl)ccc32)C1(C)C. The Bertz CT molecular complexity index is 753. The van der Waals surface area contributed by atoms with E-state index in [1.807, 2.05) is 6.07 Å². The average Bonchev–Trinajstić information content (AvgIpc) is 2.73. The minimum Gasteiger partial charge on any atom is -0.269 e. The third kappa shape index (κ3) is 1.73. The molecule has 104 valence electrons. The average molecular weight is 289 g/mol. The molecule has 1 aromatic carbocycles. The Morgan fingerprint density at radius 3 is 2.65 bits per heavy atom. The second-order valence-corrected chi connectivity index (χ2v) is 6.56. The van der Waals surface area contributed by atoms with E-state index in [1.54, 1.807) is 22.8 Å². The van der Waals surface area contributed by atoms with Gasteiger partial charge in [-0.15, -0.1) is 0 Å². The highest BCUT2D eigenvalue weighted by Gasteiger charge is 2.38. The van der Waals surface area contributed by atoms with Gasteiger partial charge in [0.05, 0.1) is 11.0 Å². The molecule has 0 bridgehead atoms. The molecule has 2 aromatic rings. The molecule has 0 amide bonds. The maximum atomic E-state index is 12.5. The number of hydrogen-bond donors (Lipinski definition) is 0. The van der Waals surface area contributed by atoms with Crippen LogP contribution >= 0.6 is 11.6 Å². The van der Waals surface area contributed by atoms with E-state index in [0.29, 0.717) is 10.9 Å². The van der Waals surface area contributed by atoms with Crippen molar-refractivity contribution in [1.29, 1.82) is 0 Å². The van der Waals surface area contributed by atoms with Gasteiger partial charge in [0.15, 0.2) is 0 Å². The minimum atomic E-state index is -0.256. The zero-order valence-corrected chi connectivity index (χ0v) is 12.8. The van der Waals surface area contributed by atoms with Gasteiger partial charge in [-0.1, -0.05) is 25.4 Å². The number of rotatable bonds is 1. The standard InChI is InChI=1S/C16H17ClN2O/c1-9(2)11-8-14(20)19-13-6-5-10(17)7-12(13)18-15(19)16(11,3)4/h5-9H,1-4H3. The van der Waals surface area contributed by atoms with Crippen molar-refractivity contribution in [2.75, 3.05) is 0 Å².